The first kappa shape index (κ1) is 33.2. The lowest BCUT2D eigenvalue weighted by atomic mass is 10.1. The van der Waals surface area contributed by atoms with Gasteiger partial charge in [0.15, 0.2) is 0 Å². The minimum atomic E-state index is -1.20. The molecule has 0 saturated carbocycles. The van der Waals surface area contributed by atoms with Gasteiger partial charge in [0.05, 0.1) is 30.4 Å². The highest BCUT2D eigenvalue weighted by Crippen LogP contribution is 2.33. The number of benzene rings is 2. The van der Waals surface area contributed by atoms with Crippen LogP contribution in [0.3, 0.4) is 0 Å². The summed E-state index contributed by atoms with van der Waals surface area (Å²) in [6.07, 6.45) is 0.898. The first-order valence-corrected chi connectivity index (χ1v) is 14.0. The van der Waals surface area contributed by atoms with Crippen molar-refractivity contribution >= 4 is 53.2 Å². The molecule has 1 aliphatic rings. The minimum Gasteiger partial charge on any atom is -0.460 e. The van der Waals surface area contributed by atoms with Gasteiger partial charge >= 0.3 is 12.0 Å². The summed E-state index contributed by atoms with van der Waals surface area (Å²) in [7, 11) is 0. The Morgan fingerprint density at radius 3 is 2.30 bits per heavy atom. The molecule has 0 spiro atoms. The zero-order valence-corrected chi connectivity index (χ0v) is 25.0. The Balaban J connectivity index is 1.92. The zero-order valence-electron chi connectivity index (χ0n) is 25.0. The number of nitrogens with zero attached hydrogens (tertiary/aromatic N) is 3. The van der Waals surface area contributed by atoms with Crippen LogP contribution in [0.2, 0.25) is 0 Å². The third kappa shape index (κ3) is 9.37. The number of fused-ring (bicyclic) bond motifs is 1. The van der Waals surface area contributed by atoms with E-state index in [2.05, 4.69) is 15.7 Å². The summed E-state index contributed by atoms with van der Waals surface area (Å²) in [6, 6.07) is 11.7. The Kier molecular flexibility index (Phi) is 11.1. The first-order chi connectivity index (χ1) is 20.8. The molecule has 234 valence electrons. The summed E-state index contributed by atoms with van der Waals surface area (Å²) in [5.74, 6) is -2.79. The van der Waals surface area contributed by atoms with Crippen molar-refractivity contribution in [2.75, 3.05) is 22.9 Å². The van der Waals surface area contributed by atoms with Crippen LogP contribution < -0.4 is 31.6 Å². The number of para-hydroxylation sites is 2. The maximum atomic E-state index is 14.0. The number of nitrogens with two attached hydrogens (primary N) is 1. The molecule has 0 radical (unpaired) electrons. The van der Waals surface area contributed by atoms with Gasteiger partial charge in [-0.2, -0.15) is 5.10 Å². The van der Waals surface area contributed by atoms with Crippen molar-refractivity contribution in [2.24, 2.45) is 10.8 Å². The molecule has 2 aromatic rings. The van der Waals surface area contributed by atoms with E-state index in [4.69, 9.17) is 10.5 Å². The van der Waals surface area contributed by atoms with E-state index in [1.54, 1.807) is 82.3 Å². The number of hydrogen-bond donors (Lipinski definition) is 4. The summed E-state index contributed by atoms with van der Waals surface area (Å²) < 4.78 is 5.33. The smallest absolute Gasteiger partial charge is 0.332 e. The SMILES string of the molecule is CCC(=O)N1C[C@H](NC(=O)c2ccccc2)C(=O)N(CC(=O)N[C@H](/C=N/NC(N)=O)CC(=O)OC(C)(C)C)c2ccccc21. The number of ether oxygens (including phenoxy) is 1. The molecule has 44 heavy (non-hydrogen) atoms. The van der Waals surface area contributed by atoms with Crippen LogP contribution in [0.15, 0.2) is 59.7 Å². The summed E-state index contributed by atoms with van der Waals surface area (Å²) in [5.41, 5.74) is 7.23. The fraction of sp³-hybridized carbons (Fsp3) is 0.367. The van der Waals surface area contributed by atoms with Crippen LogP contribution in [-0.4, -0.2) is 72.6 Å². The molecular weight excluding hydrogens is 570 g/mol. The molecule has 6 amide bonds. The molecule has 14 heteroatoms. The molecule has 0 aromatic heterocycles. The highest BCUT2D eigenvalue weighted by atomic mass is 16.6. The topological polar surface area (TPSA) is 193 Å². The number of anilines is 2. The molecule has 3 rings (SSSR count). The number of esters is 1. The number of primary amides is 1. The fourth-order valence-electron chi connectivity index (χ4n) is 4.41. The van der Waals surface area contributed by atoms with Gasteiger partial charge in [-0.3, -0.25) is 28.9 Å². The molecule has 0 fully saturated rings. The van der Waals surface area contributed by atoms with Crippen molar-refractivity contribution in [1.82, 2.24) is 16.1 Å². The van der Waals surface area contributed by atoms with Gasteiger partial charge in [0.1, 0.15) is 18.2 Å². The van der Waals surface area contributed by atoms with E-state index < -0.39 is 54.0 Å². The van der Waals surface area contributed by atoms with Gasteiger partial charge < -0.3 is 26.0 Å². The summed E-state index contributed by atoms with van der Waals surface area (Å²) in [5, 5.41) is 8.97. The average molecular weight is 608 g/mol. The van der Waals surface area contributed by atoms with Crippen LogP contribution in [0.4, 0.5) is 16.2 Å². The highest BCUT2D eigenvalue weighted by molar-refractivity contribution is 6.11. The summed E-state index contributed by atoms with van der Waals surface area (Å²) >= 11 is 0. The van der Waals surface area contributed by atoms with E-state index in [1.165, 1.54) is 9.80 Å². The highest BCUT2D eigenvalue weighted by Gasteiger charge is 2.37. The molecular formula is C30H37N7O7. The van der Waals surface area contributed by atoms with Crippen molar-refractivity contribution in [1.29, 1.82) is 0 Å². The lowest BCUT2D eigenvalue weighted by molar-refractivity contribution is -0.155. The number of hydrogen-bond acceptors (Lipinski definition) is 8. The molecule has 0 bridgehead atoms. The Labute approximate surface area is 255 Å². The van der Waals surface area contributed by atoms with Gasteiger partial charge in [0.25, 0.3) is 11.8 Å². The van der Waals surface area contributed by atoms with Crippen LogP contribution in [-0.2, 0) is 23.9 Å². The first-order valence-electron chi connectivity index (χ1n) is 14.0. The standard InChI is InChI=1S/C30H37N7O7/c1-5-25(39)36-17-21(34-27(41)19-11-7-6-8-12-19)28(42)37(23-14-10-9-13-22(23)36)18-24(38)33-20(16-32-35-29(31)43)15-26(40)44-30(2,3)4/h6-14,16,20-21H,5,15,17-18H2,1-4H3,(H,33,38)(H,34,41)(H3,31,35,43)/b32-16+/t20-,21-/m0/s1. The molecule has 0 aliphatic carbocycles. The molecule has 1 heterocycles. The van der Waals surface area contributed by atoms with E-state index in [1.807, 2.05) is 5.43 Å². The lowest BCUT2D eigenvalue weighted by Gasteiger charge is -2.26. The van der Waals surface area contributed by atoms with Gasteiger partial charge in [-0.1, -0.05) is 37.3 Å². The van der Waals surface area contributed by atoms with Crippen molar-refractivity contribution in [3.05, 3.63) is 60.2 Å². The van der Waals surface area contributed by atoms with E-state index >= 15 is 0 Å². The van der Waals surface area contributed by atoms with Gasteiger partial charge in [0, 0.05) is 18.2 Å². The predicted octanol–water partition coefficient (Wildman–Crippen LogP) is 1.45. The molecule has 1 aliphatic heterocycles. The number of rotatable bonds is 10. The van der Waals surface area contributed by atoms with Crippen LogP contribution in [0, 0.1) is 0 Å². The second-order valence-electron chi connectivity index (χ2n) is 10.9. The normalized spacial score (nSPS) is 15.5. The fourth-order valence-corrected chi connectivity index (χ4v) is 4.41. The third-order valence-corrected chi connectivity index (χ3v) is 6.22. The minimum absolute atomic E-state index is 0.132. The van der Waals surface area contributed by atoms with Crippen LogP contribution >= 0.6 is 0 Å². The second-order valence-corrected chi connectivity index (χ2v) is 10.9. The van der Waals surface area contributed by atoms with E-state index in [0.717, 1.165) is 6.21 Å². The number of urea groups is 1. The molecule has 14 nitrogen and oxygen atoms in total. The van der Waals surface area contributed by atoms with E-state index in [0.29, 0.717) is 11.3 Å². The largest absolute Gasteiger partial charge is 0.460 e. The summed E-state index contributed by atoms with van der Waals surface area (Å²) in [6.45, 7) is 6.03. The van der Waals surface area contributed by atoms with Gasteiger partial charge in [-0.25, -0.2) is 10.2 Å². The molecule has 2 aromatic carbocycles. The van der Waals surface area contributed by atoms with Gasteiger partial charge in [0.2, 0.25) is 11.8 Å². The quantitative estimate of drug-likeness (QED) is 0.178. The van der Waals surface area contributed by atoms with Crippen molar-refractivity contribution in [3.8, 4) is 0 Å². The van der Waals surface area contributed by atoms with Crippen LogP contribution in [0.25, 0.3) is 0 Å². The van der Waals surface area contributed by atoms with E-state index in [-0.39, 0.29) is 31.0 Å². The average Bonchev–Trinajstić information content (AvgIpc) is 3.06. The monoisotopic (exact) mass is 607 g/mol. The maximum Gasteiger partial charge on any atom is 0.332 e. The molecule has 0 unspecified atom stereocenters. The molecule has 0 saturated heterocycles. The van der Waals surface area contributed by atoms with E-state index in [9.17, 15) is 28.8 Å². The Morgan fingerprint density at radius 1 is 1.05 bits per heavy atom. The Bertz CT molecular complexity index is 1420. The van der Waals surface area contributed by atoms with Crippen LogP contribution in [0.5, 0.6) is 0 Å². The molecule has 2 atom stereocenters. The van der Waals surface area contributed by atoms with Gasteiger partial charge in [-0.05, 0) is 45.0 Å². The number of carbonyl (C=O) groups is 6. The Hall–Kier alpha value is -5.27. The Morgan fingerprint density at radius 2 is 1.68 bits per heavy atom. The van der Waals surface area contributed by atoms with Crippen LogP contribution in [0.1, 0.15) is 50.9 Å². The van der Waals surface area contributed by atoms with Crippen molar-refractivity contribution in [2.45, 2.75) is 58.2 Å². The van der Waals surface area contributed by atoms with Gasteiger partial charge in [-0.15, -0.1) is 0 Å². The zero-order chi connectivity index (χ0) is 32.4. The maximum absolute atomic E-state index is 14.0. The number of carbonyl (C=O) groups excluding carboxylic acids is 6. The number of hydrazone groups is 1. The van der Waals surface area contributed by atoms with Crippen molar-refractivity contribution in [3.63, 3.8) is 0 Å². The summed E-state index contributed by atoms with van der Waals surface area (Å²) in [4.78, 5) is 79.6. The number of amides is 6. The van der Waals surface area contributed by atoms with Crippen molar-refractivity contribution < 1.29 is 33.5 Å². The lowest BCUT2D eigenvalue weighted by Crippen LogP contribution is -2.54. The molecule has 5 N–H and O–H groups in total. The number of nitrogens with one attached hydrogen (secondary N) is 3. The second kappa shape index (κ2) is 14.8. The predicted molar refractivity (Wildman–Crippen MR) is 163 cm³/mol. The third-order valence-electron chi connectivity index (χ3n) is 6.22.